The van der Waals surface area contributed by atoms with Gasteiger partial charge in [-0.05, 0) is 73.9 Å². The Morgan fingerprint density at radius 2 is 1.62 bits per heavy atom. The highest BCUT2D eigenvalue weighted by atomic mass is 79.9. The van der Waals surface area contributed by atoms with Crippen molar-refractivity contribution >= 4 is 43.5 Å². The van der Waals surface area contributed by atoms with Gasteiger partial charge in [0, 0.05) is 17.6 Å². The topological polar surface area (TPSA) is 86.8 Å². The fourth-order valence-electron chi connectivity index (χ4n) is 3.84. The second kappa shape index (κ2) is 13.2. The third kappa shape index (κ3) is 8.12. The predicted octanol–water partition coefficient (Wildman–Crippen LogP) is 5.28. The lowest BCUT2D eigenvalue weighted by Crippen LogP contribution is -2.51. The number of hydrogen-bond donors (Lipinski definition) is 1. The van der Waals surface area contributed by atoms with Gasteiger partial charge in [0.05, 0.1) is 10.6 Å². The van der Waals surface area contributed by atoms with Crippen molar-refractivity contribution in [3.8, 4) is 0 Å². The SMILES string of the molecule is Cc1ccc(S(=O)(=O)N(CC(=O)N(Cc2cccc(Br)c2)C(C)C(=O)NCC(C)C)c2ccc(F)cc2)cc1. The molecule has 7 nitrogen and oxygen atoms in total. The maximum atomic E-state index is 13.9. The Hall–Kier alpha value is -3.24. The van der Waals surface area contributed by atoms with E-state index in [0.29, 0.717) is 6.54 Å². The Labute approximate surface area is 238 Å². The summed E-state index contributed by atoms with van der Waals surface area (Å²) in [5, 5.41) is 2.85. The van der Waals surface area contributed by atoms with Crippen molar-refractivity contribution in [1.29, 1.82) is 0 Å². The highest BCUT2D eigenvalue weighted by molar-refractivity contribution is 9.10. The minimum Gasteiger partial charge on any atom is -0.354 e. The molecular formula is C29H33BrFN3O4S. The summed E-state index contributed by atoms with van der Waals surface area (Å²) in [5.74, 6) is -1.25. The number of nitrogens with zero attached hydrogens (tertiary/aromatic N) is 2. The van der Waals surface area contributed by atoms with Crippen molar-refractivity contribution in [2.24, 2.45) is 5.92 Å². The smallest absolute Gasteiger partial charge is 0.264 e. The fraction of sp³-hybridized carbons (Fsp3) is 0.310. The molecule has 0 radical (unpaired) electrons. The molecule has 208 valence electrons. The van der Waals surface area contributed by atoms with Crippen LogP contribution in [-0.4, -0.2) is 44.3 Å². The minimum atomic E-state index is -4.20. The lowest BCUT2D eigenvalue weighted by Gasteiger charge is -2.32. The van der Waals surface area contributed by atoms with Crippen LogP contribution < -0.4 is 9.62 Å². The molecule has 0 aliphatic rings. The third-order valence-electron chi connectivity index (χ3n) is 6.10. The first kappa shape index (κ1) is 30.3. The molecule has 10 heteroatoms. The van der Waals surface area contributed by atoms with Crippen LogP contribution in [0.25, 0.3) is 0 Å². The summed E-state index contributed by atoms with van der Waals surface area (Å²) in [6, 6.07) is 17.6. The molecule has 3 rings (SSSR count). The second-order valence-corrected chi connectivity index (χ2v) is 12.5. The van der Waals surface area contributed by atoms with Gasteiger partial charge in [-0.2, -0.15) is 0 Å². The van der Waals surface area contributed by atoms with Gasteiger partial charge in [-0.1, -0.05) is 59.6 Å². The Bertz CT molecular complexity index is 1400. The zero-order valence-corrected chi connectivity index (χ0v) is 24.8. The van der Waals surface area contributed by atoms with Gasteiger partial charge in [0.2, 0.25) is 11.8 Å². The predicted molar refractivity (Wildman–Crippen MR) is 154 cm³/mol. The highest BCUT2D eigenvalue weighted by Gasteiger charge is 2.32. The zero-order chi connectivity index (χ0) is 28.7. The molecule has 0 saturated heterocycles. The number of benzene rings is 3. The normalized spacial score (nSPS) is 12.2. The highest BCUT2D eigenvalue weighted by Crippen LogP contribution is 2.25. The first-order chi connectivity index (χ1) is 18.4. The van der Waals surface area contributed by atoms with Gasteiger partial charge in [0.25, 0.3) is 10.0 Å². The van der Waals surface area contributed by atoms with Gasteiger partial charge in [-0.25, -0.2) is 12.8 Å². The lowest BCUT2D eigenvalue weighted by atomic mass is 10.1. The maximum Gasteiger partial charge on any atom is 0.264 e. The number of amides is 2. The Balaban J connectivity index is 2.01. The quantitative estimate of drug-likeness (QED) is 0.317. The van der Waals surface area contributed by atoms with Crippen LogP contribution in [0.1, 0.15) is 31.9 Å². The molecular weight excluding hydrogens is 585 g/mol. The van der Waals surface area contributed by atoms with Crippen molar-refractivity contribution < 1.29 is 22.4 Å². The molecule has 0 bridgehead atoms. The Kier molecular flexibility index (Phi) is 10.3. The van der Waals surface area contributed by atoms with Crippen molar-refractivity contribution in [3.63, 3.8) is 0 Å². The van der Waals surface area contributed by atoms with Crippen molar-refractivity contribution in [2.75, 3.05) is 17.4 Å². The monoisotopic (exact) mass is 617 g/mol. The molecule has 3 aromatic rings. The van der Waals surface area contributed by atoms with Crippen molar-refractivity contribution in [3.05, 3.63) is 94.2 Å². The molecule has 0 spiro atoms. The van der Waals surface area contributed by atoms with Crippen molar-refractivity contribution in [1.82, 2.24) is 10.2 Å². The van der Waals surface area contributed by atoms with Crippen LogP contribution in [0.3, 0.4) is 0 Å². The largest absolute Gasteiger partial charge is 0.354 e. The third-order valence-corrected chi connectivity index (χ3v) is 8.38. The Morgan fingerprint density at radius 1 is 0.974 bits per heavy atom. The number of aryl methyl sites for hydroxylation is 1. The average molecular weight is 619 g/mol. The summed E-state index contributed by atoms with van der Waals surface area (Å²) in [7, 11) is -4.20. The standard InChI is InChI=1S/C29H33BrFN3O4S/c1-20(2)17-32-29(36)22(4)33(18-23-6-5-7-24(30)16-23)28(35)19-34(26-12-10-25(31)11-13-26)39(37,38)27-14-8-21(3)9-15-27/h5-16,20,22H,17-19H2,1-4H3,(H,32,36). The molecule has 2 amide bonds. The van der Waals surface area contributed by atoms with E-state index >= 15 is 0 Å². The van der Waals surface area contributed by atoms with E-state index in [4.69, 9.17) is 0 Å². The van der Waals surface area contributed by atoms with Crippen molar-refractivity contribution in [2.45, 2.75) is 45.2 Å². The Morgan fingerprint density at radius 3 is 2.21 bits per heavy atom. The summed E-state index contributed by atoms with van der Waals surface area (Å²) in [5.41, 5.74) is 1.76. The first-order valence-corrected chi connectivity index (χ1v) is 14.8. The van der Waals surface area contributed by atoms with E-state index in [-0.39, 0.29) is 29.0 Å². The van der Waals surface area contributed by atoms with Crippen LogP contribution in [0.2, 0.25) is 0 Å². The van der Waals surface area contributed by atoms with E-state index < -0.39 is 34.3 Å². The van der Waals surface area contributed by atoms with Crippen LogP contribution in [-0.2, 0) is 26.2 Å². The van der Waals surface area contributed by atoms with E-state index in [2.05, 4.69) is 21.2 Å². The average Bonchev–Trinajstić information content (AvgIpc) is 2.89. The molecule has 0 aromatic heterocycles. The molecule has 1 atom stereocenters. The molecule has 0 aliphatic carbocycles. The fourth-order valence-corrected chi connectivity index (χ4v) is 5.70. The molecule has 0 heterocycles. The van der Waals surface area contributed by atoms with E-state index in [1.807, 2.05) is 45.0 Å². The number of hydrogen-bond acceptors (Lipinski definition) is 4. The number of nitrogens with one attached hydrogen (secondary N) is 1. The number of carbonyl (C=O) groups excluding carboxylic acids is 2. The summed E-state index contributed by atoms with van der Waals surface area (Å²) in [6.07, 6.45) is 0. The lowest BCUT2D eigenvalue weighted by molar-refractivity contribution is -0.139. The summed E-state index contributed by atoms with van der Waals surface area (Å²) in [6.45, 7) is 7.31. The second-order valence-electron chi connectivity index (χ2n) is 9.77. The molecule has 1 N–H and O–H groups in total. The molecule has 1 unspecified atom stereocenters. The van der Waals surface area contributed by atoms with Gasteiger partial charge in [0.15, 0.2) is 0 Å². The van der Waals surface area contributed by atoms with E-state index in [0.717, 1.165) is 32.0 Å². The van der Waals surface area contributed by atoms with Crippen LogP contribution in [0.5, 0.6) is 0 Å². The number of anilines is 1. The number of sulfonamides is 1. The van der Waals surface area contributed by atoms with E-state index in [1.54, 1.807) is 19.1 Å². The van der Waals surface area contributed by atoms with Crippen LogP contribution >= 0.6 is 15.9 Å². The molecule has 0 saturated carbocycles. The van der Waals surface area contributed by atoms with Gasteiger partial charge in [-0.15, -0.1) is 0 Å². The van der Waals surface area contributed by atoms with E-state index in [9.17, 15) is 22.4 Å². The van der Waals surface area contributed by atoms with E-state index in [1.165, 1.54) is 29.2 Å². The maximum absolute atomic E-state index is 13.9. The zero-order valence-electron chi connectivity index (χ0n) is 22.4. The van der Waals surface area contributed by atoms with Gasteiger partial charge < -0.3 is 10.2 Å². The molecule has 3 aromatic carbocycles. The van der Waals surface area contributed by atoms with Gasteiger partial charge >= 0.3 is 0 Å². The molecule has 0 fully saturated rings. The molecule has 39 heavy (non-hydrogen) atoms. The first-order valence-electron chi connectivity index (χ1n) is 12.5. The summed E-state index contributed by atoms with van der Waals surface area (Å²) in [4.78, 5) is 28.2. The van der Waals surface area contributed by atoms with Crippen LogP contribution in [0, 0.1) is 18.7 Å². The minimum absolute atomic E-state index is 0.00788. The number of halogens is 2. The van der Waals surface area contributed by atoms with Crippen LogP contribution in [0.4, 0.5) is 10.1 Å². The number of carbonyl (C=O) groups is 2. The summed E-state index contributed by atoms with van der Waals surface area (Å²) < 4.78 is 43.0. The van der Waals surface area contributed by atoms with Gasteiger partial charge in [-0.3, -0.25) is 13.9 Å². The summed E-state index contributed by atoms with van der Waals surface area (Å²) >= 11 is 3.43. The number of rotatable bonds is 11. The van der Waals surface area contributed by atoms with Gasteiger partial charge in [0.1, 0.15) is 18.4 Å². The van der Waals surface area contributed by atoms with Crippen LogP contribution in [0.15, 0.2) is 82.2 Å². The molecule has 0 aliphatic heterocycles.